The van der Waals surface area contributed by atoms with Crippen LogP contribution in [0.4, 0.5) is 0 Å². The van der Waals surface area contributed by atoms with Gasteiger partial charge in [0, 0.05) is 9.50 Å². The van der Waals surface area contributed by atoms with E-state index in [9.17, 15) is 5.26 Å². The van der Waals surface area contributed by atoms with E-state index < -0.39 is 5.41 Å². The van der Waals surface area contributed by atoms with Gasteiger partial charge in [0.15, 0.2) is 0 Å². The van der Waals surface area contributed by atoms with Crippen LogP contribution >= 0.6 is 27.5 Å². The van der Waals surface area contributed by atoms with Crippen LogP contribution in [0.15, 0.2) is 65.7 Å². The van der Waals surface area contributed by atoms with Gasteiger partial charge in [-0.2, -0.15) is 10.4 Å². The van der Waals surface area contributed by atoms with Crippen molar-refractivity contribution in [3.63, 3.8) is 0 Å². The van der Waals surface area contributed by atoms with Crippen LogP contribution in [0.3, 0.4) is 0 Å². The van der Waals surface area contributed by atoms with Crippen LogP contribution < -0.4 is 0 Å². The highest BCUT2D eigenvalue weighted by atomic mass is 79.9. The van der Waals surface area contributed by atoms with Gasteiger partial charge in [0.1, 0.15) is 18.1 Å². The third kappa shape index (κ3) is 4.28. The fraction of sp³-hybridized carbons (Fsp3) is 0.211. The van der Waals surface area contributed by atoms with Crippen molar-refractivity contribution in [3.05, 3.63) is 81.8 Å². The Morgan fingerprint density at radius 1 is 1.20 bits per heavy atom. The van der Waals surface area contributed by atoms with Gasteiger partial charge in [-0.05, 0) is 48.2 Å². The van der Waals surface area contributed by atoms with Gasteiger partial charge >= 0.3 is 0 Å². The third-order valence-corrected chi connectivity index (χ3v) is 4.98. The van der Waals surface area contributed by atoms with Crippen LogP contribution in [-0.2, 0) is 18.4 Å². The second-order valence-corrected chi connectivity index (χ2v) is 7.28. The molecule has 126 valence electrons. The molecule has 0 amide bonds. The molecule has 1 unspecified atom stereocenters. The Balaban J connectivity index is 1.92. The monoisotopic (exact) mass is 414 g/mol. The van der Waals surface area contributed by atoms with Gasteiger partial charge in [0.25, 0.3) is 0 Å². The quantitative estimate of drug-likeness (QED) is 0.582. The number of halogens is 2. The molecule has 0 saturated carbocycles. The van der Waals surface area contributed by atoms with Crippen molar-refractivity contribution >= 4 is 27.5 Å². The third-order valence-electron chi connectivity index (χ3n) is 4.24. The van der Waals surface area contributed by atoms with Crippen molar-refractivity contribution in [1.29, 1.82) is 5.26 Å². The highest BCUT2D eigenvalue weighted by molar-refractivity contribution is 9.10. The zero-order chi connectivity index (χ0) is 17.7. The van der Waals surface area contributed by atoms with Crippen LogP contribution in [0.1, 0.15) is 17.5 Å². The first-order chi connectivity index (χ1) is 12.1. The Morgan fingerprint density at radius 3 is 2.64 bits per heavy atom. The molecule has 3 aromatic rings. The van der Waals surface area contributed by atoms with Gasteiger partial charge in [-0.3, -0.25) is 4.68 Å². The van der Waals surface area contributed by atoms with Gasteiger partial charge in [-0.1, -0.05) is 51.8 Å². The molecule has 0 fully saturated rings. The largest absolute Gasteiger partial charge is 0.251 e. The minimum absolute atomic E-state index is 0.444. The predicted octanol–water partition coefficient (Wildman–Crippen LogP) is 4.79. The molecule has 0 N–H and O–H groups in total. The van der Waals surface area contributed by atoms with Crippen LogP contribution in [0.5, 0.6) is 0 Å². The summed E-state index contributed by atoms with van der Waals surface area (Å²) in [6.45, 7) is 0.444. The molecule has 1 aromatic heterocycles. The molecule has 1 heterocycles. The van der Waals surface area contributed by atoms with E-state index >= 15 is 0 Å². The topological polar surface area (TPSA) is 54.5 Å². The molecule has 3 rings (SSSR count). The van der Waals surface area contributed by atoms with Crippen molar-refractivity contribution in [2.24, 2.45) is 0 Å². The van der Waals surface area contributed by atoms with E-state index in [0.717, 1.165) is 16.5 Å². The highest BCUT2D eigenvalue weighted by Crippen LogP contribution is 2.32. The molecule has 0 aliphatic heterocycles. The summed E-state index contributed by atoms with van der Waals surface area (Å²) in [6, 6.07) is 18.2. The minimum Gasteiger partial charge on any atom is -0.251 e. The van der Waals surface area contributed by atoms with Crippen molar-refractivity contribution in [1.82, 2.24) is 14.8 Å². The fourth-order valence-electron chi connectivity index (χ4n) is 2.88. The molecule has 0 aliphatic carbocycles. The van der Waals surface area contributed by atoms with Gasteiger partial charge in [0.2, 0.25) is 0 Å². The minimum atomic E-state index is -0.708. The molecular weight excluding hydrogens is 400 g/mol. The van der Waals surface area contributed by atoms with Gasteiger partial charge in [-0.15, -0.1) is 0 Å². The van der Waals surface area contributed by atoms with Crippen molar-refractivity contribution < 1.29 is 0 Å². The smallest absolute Gasteiger partial charge is 0.137 e. The van der Waals surface area contributed by atoms with E-state index in [-0.39, 0.29) is 0 Å². The van der Waals surface area contributed by atoms with E-state index in [2.05, 4.69) is 44.2 Å². The van der Waals surface area contributed by atoms with Crippen LogP contribution in [-0.4, -0.2) is 14.8 Å². The summed E-state index contributed by atoms with van der Waals surface area (Å²) in [5.41, 5.74) is 1.41. The zero-order valence-corrected chi connectivity index (χ0v) is 15.8. The lowest BCUT2D eigenvalue weighted by molar-refractivity contribution is 0.402. The number of nitriles is 1. The molecule has 4 nitrogen and oxygen atoms in total. The summed E-state index contributed by atoms with van der Waals surface area (Å²) in [4.78, 5) is 3.99. The molecule has 2 aromatic carbocycles. The first-order valence-corrected chi connectivity index (χ1v) is 9.02. The zero-order valence-electron chi connectivity index (χ0n) is 13.4. The maximum absolute atomic E-state index is 10.1. The number of rotatable bonds is 6. The second kappa shape index (κ2) is 7.81. The van der Waals surface area contributed by atoms with Gasteiger partial charge in [0.05, 0.1) is 12.6 Å². The average molecular weight is 416 g/mol. The van der Waals surface area contributed by atoms with E-state index in [1.165, 1.54) is 11.9 Å². The Labute approximate surface area is 160 Å². The first-order valence-electron chi connectivity index (χ1n) is 7.85. The fourth-order valence-corrected chi connectivity index (χ4v) is 3.45. The standard InChI is InChI=1S/C19H16BrClN4/c20-17-3-1-2-15(10-17)8-9-19(11-22,12-25-14-23-13-24-25)16-4-6-18(21)7-5-16/h1-7,10,13-14H,8-9,12H2. The van der Waals surface area contributed by atoms with Crippen molar-refractivity contribution in [3.8, 4) is 6.07 Å². The summed E-state index contributed by atoms with van der Waals surface area (Å²) >= 11 is 9.52. The molecule has 0 radical (unpaired) electrons. The molecule has 25 heavy (non-hydrogen) atoms. The normalized spacial score (nSPS) is 13.2. The molecule has 1 atom stereocenters. The van der Waals surface area contributed by atoms with Crippen LogP contribution in [0.2, 0.25) is 5.02 Å². The Bertz CT molecular complexity index is 871. The average Bonchev–Trinajstić information content (AvgIpc) is 3.12. The molecule has 0 bridgehead atoms. The Kier molecular flexibility index (Phi) is 5.52. The first kappa shape index (κ1) is 17.7. The van der Waals surface area contributed by atoms with Gasteiger partial charge < -0.3 is 0 Å². The summed E-state index contributed by atoms with van der Waals surface area (Å²) in [5.74, 6) is 0. The molecular formula is C19H16BrClN4. The van der Waals surface area contributed by atoms with Crippen molar-refractivity contribution in [2.75, 3.05) is 0 Å². The summed E-state index contributed by atoms with van der Waals surface area (Å²) in [5, 5.41) is 14.9. The Morgan fingerprint density at radius 2 is 2.00 bits per heavy atom. The number of benzene rings is 2. The lowest BCUT2D eigenvalue weighted by Crippen LogP contribution is -2.31. The number of aryl methyl sites for hydroxylation is 1. The maximum Gasteiger partial charge on any atom is 0.137 e. The van der Waals surface area contributed by atoms with Gasteiger partial charge in [-0.25, -0.2) is 4.98 Å². The van der Waals surface area contributed by atoms with Crippen molar-refractivity contribution in [2.45, 2.75) is 24.8 Å². The SMILES string of the molecule is N#CC(CCc1cccc(Br)c1)(Cn1cncn1)c1ccc(Cl)cc1. The molecule has 0 spiro atoms. The molecule has 0 aliphatic rings. The second-order valence-electron chi connectivity index (χ2n) is 5.92. The van der Waals surface area contributed by atoms with E-state index in [1.807, 2.05) is 36.4 Å². The number of nitrogens with zero attached hydrogens (tertiary/aromatic N) is 4. The lowest BCUT2D eigenvalue weighted by atomic mass is 9.77. The number of hydrogen-bond donors (Lipinski definition) is 0. The predicted molar refractivity (Wildman–Crippen MR) is 101 cm³/mol. The Hall–Kier alpha value is -2.16. The highest BCUT2D eigenvalue weighted by Gasteiger charge is 2.33. The van der Waals surface area contributed by atoms with E-state index in [4.69, 9.17) is 11.6 Å². The van der Waals surface area contributed by atoms with Crippen LogP contribution in [0, 0.1) is 11.3 Å². The number of hydrogen-bond acceptors (Lipinski definition) is 3. The van der Waals surface area contributed by atoms with E-state index in [0.29, 0.717) is 18.0 Å². The molecule has 6 heteroatoms. The van der Waals surface area contributed by atoms with E-state index in [1.54, 1.807) is 11.0 Å². The number of aromatic nitrogens is 3. The van der Waals surface area contributed by atoms with Crippen LogP contribution in [0.25, 0.3) is 0 Å². The summed E-state index contributed by atoms with van der Waals surface area (Å²) < 4.78 is 2.74. The summed E-state index contributed by atoms with van der Waals surface area (Å²) in [6.07, 6.45) is 4.57. The maximum atomic E-state index is 10.1. The lowest BCUT2D eigenvalue weighted by Gasteiger charge is -2.27. The summed E-state index contributed by atoms with van der Waals surface area (Å²) in [7, 11) is 0. The molecule has 0 saturated heterocycles.